The van der Waals surface area contributed by atoms with Crippen molar-refractivity contribution in [3.8, 4) is 5.75 Å². The monoisotopic (exact) mass is 419 g/mol. The van der Waals surface area contributed by atoms with Crippen LogP contribution in [0.5, 0.6) is 5.75 Å². The van der Waals surface area contributed by atoms with Crippen LogP contribution in [-0.2, 0) is 6.61 Å². The van der Waals surface area contributed by atoms with E-state index in [0.717, 1.165) is 21.4 Å². The van der Waals surface area contributed by atoms with Gasteiger partial charge in [0.05, 0.1) is 6.04 Å². The largest absolute Gasteiger partial charge is 0.489 e. The van der Waals surface area contributed by atoms with E-state index in [9.17, 15) is 9.59 Å². The minimum Gasteiger partial charge on any atom is -0.489 e. The number of aryl methyl sites for hydroxylation is 1. The van der Waals surface area contributed by atoms with Crippen molar-refractivity contribution >= 4 is 28.2 Å². The summed E-state index contributed by atoms with van der Waals surface area (Å²) < 4.78 is 11.1. The molecule has 1 atom stereocenters. The van der Waals surface area contributed by atoms with Gasteiger partial charge in [-0.1, -0.05) is 18.2 Å². The molecule has 2 heterocycles. The van der Waals surface area contributed by atoms with E-state index in [1.54, 1.807) is 29.5 Å². The summed E-state index contributed by atoms with van der Waals surface area (Å²) in [4.78, 5) is 25.1. The van der Waals surface area contributed by atoms with Gasteiger partial charge < -0.3 is 14.5 Å². The number of ether oxygens (including phenoxy) is 1. The molecular weight excluding hydrogens is 398 g/mol. The normalized spacial score (nSPS) is 11.9. The SMILES string of the molecule is Cc1cc(=O)oc2cc(OCc3ccc(C(=O)NC(C)c4cccs4)cc3)ccc12. The van der Waals surface area contributed by atoms with E-state index in [2.05, 4.69) is 5.32 Å². The minimum atomic E-state index is -0.376. The first kappa shape index (κ1) is 19.9. The molecule has 0 fully saturated rings. The van der Waals surface area contributed by atoms with Gasteiger partial charge in [-0.15, -0.1) is 11.3 Å². The van der Waals surface area contributed by atoms with Crippen LogP contribution in [0.25, 0.3) is 11.0 Å². The number of nitrogens with one attached hydrogen (secondary N) is 1. The van der Waals surface area contributed by atoms with Gasteiger partial charge in [0.15, 0.2) is 0 Å². The highest BCUT2D eigenvalue weighted by Crippen LogP contribution is 2.23. The van der Waals surface area contributed by atoms with Gasteiger partial charge in [-0.2, -0.15) is 0 Å². The second-order valence-electron chi connectivity index (χ2n) is 7.10. The molecule has 1 N–H and O–H groups in total. The maximum atomic E-state index is 12.4. The second kappa shape index (κ2) is 8.55. The van der Waals surface area contributed by atoms with Crippen molar-refractivity contribution in [3.05, 3.63) is 98.0 Å². The molecule has 4 aromatic rings. The highest BCUT2D eigenvalue weighted by molar-refractivity contribution is 7.10. The van der Waals surface area contributed by atoms with Crippen molar-refractivity contribution < 1.29 is 13.9 Å². The van der Waals surface area contributed by atoms with Gasteiger partial charge in [-0.05, 0) is 60.7 Å². The number of carbonyl (C=O) groups excluding carboxylic acids is 1. The molecule has 30 heavy (non-hydrogen) atoms. The summed E-state index contributed by atoms with van der Waals surface area (Å²) >= 11 is 1.62. The van der Waals surface area contributed by atoms with Gasteiger partial charge >= 0.3 is 5.63 Å². The molecule has 0 aliphatic heterocycles. The van der Waals surface area contributed by atoms with Crippen LogP contribution < -0.4 is 15.7 Å². The Labute approximate surface area is 177 Å². The fraction of sp³-hybridized carbons (Fsp3) is 0.167. The molecule has 0 radical (unpaired) electrons. The first-order valence-corrected chi connectivity index (χ1v) is 10.5. The molecule has 2 aromatic heterocycles. The Hall–Kier alpha value is -3.38. The minimum absolute atomic E-state index is 0.0305. The molecule has 152 valence electrons. The maximum absolute atomic E-state index is 12.4. The number of hydrogen-bond donors (Lipinski definition) is 1. The van der Waals surface area contributed by atoms with Crippen LogP contribution in [0, 0.1) is 6.92 Å². The lowest BCUT2D eigenvalue weighted by Crippen LogP contribution is -2.26. The third kappa shape index (κ3) is 4.44. The zero-order chi connectivity index (χ0) is 21.1. The van der Waals surface area contributed by atoms with E-state index >= 15 is 0 Å². The predicted molar refractivity (Wildman–Crippen MR) is 118 cm³/mol. The molecule has 1 unspecified atom stereocenters. The first-order valence-electron chi connectivity index (χ1n) is 9.60. The average Bonchev–Trinajstić information content (AvgIpc) is 3.27. The van der Waals surface area contributed by atoms with E-state index in [1.807, 2.05) is 55.6 Å². The summed E-state index contributed by atoms with van der Waals surface area (Å²) in [6.07, 6.45) is 0. The molecular formula is C24H21NO4S. The number of carbonyl (C=O) groups is 1. The fourth-order valence-electron chi connectivity index (χ4n) is 3.20. The highest BCUT2D eigenvalue weighted by Gasteiger charge is 2.12. The first-order chi connectivity index (χ1) is 14.5. The van der Waals surface area contributed by atoms with E-state index in [-0.39, 0.29) is 17.6 Å². The van der Waals surface area contributed by atoms with Crippen LogP contribution >= 0.6 is 11.3 Å². The van der Waals surface area contributed by atoms with Gasteiger partial charge in [-0.3, -0.25) is 4.79 Å². The average molecular weight is 420 g/mol. The van der Waals surface area contributed by atoms with E-state index in [4.69, 9.17) is 9.15 Å². The number of hydrogen-bond acceptors (Lipinski definition) is 5. The summed E-state index contributed by atoms with van der Waals surface area (Å²) in [6.45, 7) is 4.19. The molecule has 0 aliphatic rings. The topological polar surface area (TPSA) is 68.5 Å². The Balaban J connectivity index is 1.39. The van der Waals surface area contributed by atoms with Gasteiger partial charge in [0.25, 0.3) is 5.91 Å². The number of fused-ring (bicyclic) bond motifs is 1. The third-order valence-electron chi connectivity index (χ3n) is 4.86. The predicted octanol–water partition coefficient (Wildman–Crippen LogP) is 5.23. The van der Waals surface area contributed by atoms with Gasteiger partial charge in [0.2, 0.25) is 0 Å². The zero-order valence-corrected chi connectivity index (χ0v) is 17.5. The summed E-state index contributed by atoms with van der Waals surface area (Å²) in [7, 11) is 0. The lowest BCUT2D eigenvalue weighted by atomic mass is 10.1. The molecule has 4 rings (SSSR count). The van der Waals surface area contributed by atoms with Crippen LogP contribution in [0.2, 0.25) is 0 Å². The molecule has 0 spiro atoms. The lowest BCUT2D eigenvalue weighted by Gasteiger charge is -2.12. The van der Waals surface area contributed by atoms with Gasteiger partial charge in [0.1, 0.15) is 17.9 Å². The van der Waals surface area contributed by atoms with Crippen LogP contribution in [0.1, 0.15) is 39.3 Å². The van der Waals surface area contributed by atoms with Crippen molar-refractivity contribution in [3.63, 3.8) is 0 Å². The standard InChI is InChI=1S/C24H21NO4S/c1-15-12-23(26)29-21-13-19(9-10-20(15)21)28-14-17-5-7-18(8-6-17)24(27)25-16(2)22-4-3-11-30-22/h3-13,16H,14H2,1-2H3,(H,25,27). The molecule has 0 saturated carbocycles. The molecule has 0 bridgehead atoms. The summed E-state index contributed by atoms with van der Waals surface area (Å²) in [5.41, 5.74) is 2.53. The van der Waals surface area contributed by atoms with Crippen molar-refractivity contribution in [2.75, 3.05) is 0 Å². The van der Waals surface area contributed by atoms with E-state index < -0.39 is 0 Å². The number of benzene rings is 2. The van der Waals surface area contributed by atoms with Crippen molar-refractivity contribution in [2.45, 2.75) is 26.5 Å². The van der Waals surface area contributed by atoms with Crippen molar-refractivity contribution in [1.82, 2.24) is 5.32 Å². The summed E-state index contributed by atoms with van der Waals surface area (Å²) in [5.74, 6) is 0.506. The Morgan fingerprint density at radius 2 is 1.93 bits per heavy atom. The molecule has 6 heteroatoms. The number of rotatable bonds is 6. The Kier molecular flexibility index (Phi) is 5.68. The van der Waals surface area contributed by atoms with E-state index in [0.29, 0.717) is 23.5 Å². The number of amides is 1. The third-order valence-corrected chi connectivity index (χ3v) is 5.92. The fourth-order valence-corrected chi connectivity index (χ4v) is 3.94. The smallest absolute Gasteiger partial charge is 0.336 e. The summed E-state index contributed by atoms with van der Waals surface area (Å²) in [5, 5.41) is 5.89. The molecule has 0 saturated heterocycles. The zero-order valence-electron chi connectivity index (χ0n) is 16.7. The van der Waals surface area contributed by atoms with Crippen molar-refractivity contribution in [1.29, 1.82) is 0 Å². The maximum Gasteiger partial charge on any atom is 0.336 e. The summed E-state index contributed by atoms with van der Waals surface area (Å²) in [6, 6.07) is 18.2. The Bertz CT molecular complexity index is 1230. The quantitative estimate of drug-likeness (QED) is 0.434. The number of thiophene rings is 1. The van der Waals surface area contributed by atoms with Gasteiger partial charge in [-0.25, -0.2) is 4.79 Å². The van der Waals surface area contributed by atoms with Crippen LogP contribution in [-0.4, -0.2) is 5.91 Å². The Morgan fingerprint density at radius 1 is 1.13 bits per heavy atom. The van der Waals surface area contributed by atoms with E-state index in [1.165, 1.54) is 6.07 Å². The van der Waals surface area contributed by atoms with Crippen LogP contribution in [0.4, 0.5) is 0 Å². The van der Waals surface area contributed by atoms with Crippen molar-refractivity contribution in [2.24, 2.45) is 0 Å². The highest BCUT2D eigenvalue weighted by atomic mass is 32.1. The molecule has 2 aromatic carbocycles. The van der Waals surface area contributed by atoms with Gasteiger partial charge in [0, 0.05) is 28.0 Å². The van der Waals surface area contributed by atoms with Crippen LogP contribution in [0.3, 0.4) is 0 Å². The molecule has 0 aliphatic carbocycles. The Morgan fingerprint density at radius 3 is 2.67 bits per heavy atom. The lowest BCUT2D eigenvalue weighted by molar-refractivity contribution is 0.0940. The van der Waals surface area contributed by atoms with Crippen LogP contribution in [0.15, 0.2) is 75.3 Å². The molecule has 1 amide bonds. The second-order valence-corrected chi connectivity index (χ2v) is 8.08. The molecule has 5 nitrogen and oxygen atoms in total.